The van der Waals surface area contributed by atoms with Gasteiger partial charge in [0, 0.05) is 12.6 Å². The lowest BCUT2D eigenvalue weighted by Crippen LogP contribution is -2.37. The minimum atomic E-state index is -0.0567. The van der Waals surface area contributed by atoms with Crippen LogP contribution in [0, 0.1) is 5.92 Å². The fraction of sp³-hybridized carbons (Fsp3) is 1.00. The first kappa shape index (κ1) is 14.0. The van der Waals surface area contributed by atoms with Crippen LogP contribution in [0.4, 0.5) is 0 Å². The van der Waals surface area contributed by atoms with Gasteiger partial charge in [-0.2, -0.15) is 0 Å². The zero-order chi connectivity index (χ0) is 12.0. The molecule has 0 heterocycles. The van der Waals surface area contributed by atoms with Crippen LogP contribution in [-0.4, -0.2) is 35.7 Å². The van der Waals surface area contributed by atoms with Crippen LogP contribution >= 0.6 is 0 Å². The smallest absolute Gasteiger partial charge is 0.0580 e. The molecule has 1 N–H and O–H groups in total. The Labute approximate surface area is 101 Å². The van der Waals surface area contributed by atoms with Gasteiger partial charge >= 0.3 is 0 Å². The molecule has 0 spiro atoms. The van der Waals surface area contributed by atoms with Crippen molar-refractivity contribution in [3.05, 3.63) is 0 Å². The molecule has 16 heavy (non-hydrogen) atoms. The summed E-state index contributed by atoms with van der Waals surface area (Å²) in [6, 6.07) is 0.653. The molecule has 96 valence electrons. The zero-order valence-electron chi connectivity index (χ0n) is 11.3. The van der Waals surface area contributed by atoms with E-state index in [0.717, 1.165) is 13.0 Å². The molecule has 3 unspecified atom stereocenters. The molecule has 0 aromatic rings. The van der Waals surface area contributed by atoms with Gasteiger partial charge in [-0.3, -0.25) is 0 Å². The highest BCUT2D eigenvalue weighted by Gasteiger charge is 2.23. The SMILES string of the molecule is CCCC(C)N(C)CC1CCCCCC1O. The van der Waals surface area contributed by atoms with E-state index in [1.807, 2.05) is 0 Å². The van der Waals surface area contributed by atoms with Crippen molar-refractivity contribution in [1.29, 1.82) is 0 Å². The highest BCUT2D eigenvalue weighted by molar-refractivity contribution is 4.77. The summed E-state index contributed by atoms with van der Waals surface area (Å²) in [4.78, 5) is 2.43. The van der Waals surface area contributed by atoms with Gasteiger partial charge in [-0.05, 0) is 39.2 Å². The van der Waals surface area contributed by atoms with Crippen molar-refractivity contribution < 1.29 is 5.11 Å². The van der Waals surface area contributed by atoms with Crippen LogP contribution in [0.1, 0.15) is 58.8 Å². The fourth-order valence-corrected chi connectivity index (χ4v) is 2.77. The summed E-state index contributed by atoms with van der Waals surface area (Å²) in [5, 5.41) is 10.1. The first-order valence-electron chi connectivity index (χ1n) is 7.03. The molecule has 1 rings (SSSR count). The van der Waals surface area contributed by atoms with Crippen molar-refractivity contribution >= 4 is 0 Å². The van der Waals surface area contributed by atoms with E-state index in [0.29, 0.717) is 12.0 Å². The van der Waals surface area contributed by atoms with Crippen molar-refractivity contribution in [2.45, 2.75) is 70.9 Å². The Morgan fingerprint density at radius 2 is 1.94 bits per heavy atom. The predicted octanol–water partition coefficient (Wildman–Crippen LogP) is 3.05. The Kier molecular flexibility index (Phi) is 6.37. The largest absolute Gasteiger partial charge is 0.393 e. The summed E-state index contributed by atoms with van der Waals surface area (Å²) >= 11 is 0. The van der Waals surface area contributed by atoms with E-state index in [2.05, 4.69) is 25.8 Å². The summed E-state index contributed by atoms with van der Waals surface area (Å²) in [5.74, 6) is 0.506. The van der Waals surface area contributed by atoms with Crippen LogP contribution in [0.3, 0.4) is 0 Å². The normalized spacial score (nSPS) is 29.1. The van der Waals surface area contributed by atoms with Gasteiger partial charge in [-0.15, -0.1) is 0 Å². The highest BCUT2D eigenvalue weighted by atomic mass is 16.3. The topological polar surface area (TPSA) is 23.5 Å². The Hall–Kier alpha value is -0.0800. The highest BCUT2D eigenvalue weighted by Crippen LogP contribution is 2.24. The maximum Gasteiger partial charge on any atom is 0.0580 e. The van der Waals surface area contributed by atoms with Crippen molar-refractivity contribution in [3.8, 4) is 0 Å². The van der Waals surface area contributed by atoms with Crippen molar-refractivity contribution in [2.75, 3.05) is 13.6 Å². The van der Waals surface area contributed by atoms with Gasteiger partial charge in [0.1, 0.15) is 0 Å². The number of nitrogens with zero attached hydrogens (tertiary/aromatic N) is 1. The monoisotopic (exact) mass is 227 g/mol. The van der Waals surface area contributed by atoms with E-state index in [9.17, 15) is 5.11 Å². The van der Waals surface area contributed by atoms with Gasteiger partial charge in [0.05, 0.1) is 6.10 Å². The minimum absolute atomic E-state index is 0.0567. The second-order valence-electron chi connectivity index (χ2n) is 5.54. The Morgan fingerprint density at radius 3 is 2.62 bits per heavy atom. The summed E-state index contributed by atoms with van der Waals surface area (Å²) in [7, 11) is 2.21. The quantitative estimate of drug-likeness (QED) is 0.730. The number of rotatable bonds is 5. The van der Waals surface area contributed by atoms with Gasteiger partial charge in [0.25, 0.3) is 0 Å². The lowest BCUT2D eigenvalue weighted by atomic mass is 9.96. The van der Waals surface area contributed by atoms with Gasteiger partial charge in [-0.1, -0.05) is 32.6 Å². The second kappa shape index (κ2) is 7.29. The van der Waals surface area contributed by atoms with Crippen LogP contribution in [0.5, 0.6) is 0 Å². The molecule has 0 saturated heterocycles. The average molecular weight is 227 g/mol. The van der Waals surface area contributed by atoms with E-state index in [4.69, 9.17) is 0 Å². The summed E-state index contributed by atoms with van der Waals surface area (Å²) < 4.78 is 0. The van der Waals surface area contributed by atoms with Gasteiger partial charge in [0.2, 0.25) is 0 Å². The molecule has 1 fully saturated rings. The maximum atomic E-state index is 10.1. The lowest BCUT2D eigenvalue weighted by molar-refractivity contribution is 0.0701. The third kappa shape index (κ3) is 4.42. The molecular formula is C14H29NO. The third-order valence-electron chi connectivity index (χ3n) is 4.10. The fourth-order valence-electron chi connectivity index (χ4n) is 2.77. The Morgan fingerprint density at radius 1 is 1.25 bits per heavy atom. The van der Waals surface area contributed by atoms with Crippen LogP contribution in [0.2, 0.25) is 0 Å². The van der Waals surface area contributed by atoms with E-state index < -0.39 is 0 Å². The molecule has 2 heteroatoms. The standard InChI is InChI=1S/C14H29NO/c1-4-8-12(2)15(3)11-13-9-6-5-7-10-14(13)16/h12-14,16H,4-11H2,1-3H3. The molecule has 0 aliphatic heterocycles. The predicted molar refractivity (Wildman–Crippen MR) is 69.6 cm³/mol. The third-order valence-corrected chi connectivity index (χ3v) is 4.10. The molecular weight excluding hydrogens is 198 g/mol. The molecule has 0 aromatic heterocycles. The van der Waals surface area contributed by atoms with Gasteiger partial charge < -0.3 is 10.0 Å². The van der Waals surface area contributed by atoms with Crippen LogP contribution in [-0.2, 0) is 0 Å². The van der Waals surface area contributed by atoms with Gasteiger partial charge in [0.15, 0.2) is 0 Å². The van der Waals surface area contributed by atoms with E-state index in [-0.39, 0.29) is 6.10 Å². The molecule has 1 aliphatic carbocycles. The molecule has 0 bridgehead atoms. The van der Waals surface area contributed by atoms with Crippen LogP contribution < -0.4 is 0 Å². The van der Waals surface area contributed by atoms with Crippen LogP contribution in [0.15, 0.2) is 0 Å². The molecule has 2 nitrogen and oxygen atoms in total. The maximum absolute atomic E-state index is 10.1. The van der Waals surface area contributed by atoms with Crippen molar-refractivity contribution in [1.82, 2.24) is 4.90 Å². The number of aliphatic hydroxyl groups excluding tert-OH is 1. The number of hydrogen-bond donors (Lipinski definition) is 1. The minimum Gasteiger partial charge on any atom is -0.393 e. The number of aliphatic hydroxyl groups is 1. The average Bonchev–Trinajstić information content (AvgIpc) is 2.45. The van der Waals surface area contributed by atoms with Gasteiger partial charge in [-0.25, -0.2) is 0 Å². The Bertz CT molecular complexity index is 184. The van der Waals surface area contributed by atoms with Crippen molar-refractivity contribution in [2.24, 2.45) is 5.92 Å². The van der Waals surface area contributed by atoms with E-state index >= 15 is 0 Å². The second-order valence-corrected chi connectivity index (χ2v) is 5.54. The molecule has 1 aliphatic rings. The molecule has 3 atom stereocenters. The molecule has 1 saturated carbocycles. The first-order chi connectivity index (χ1) is 7.65. The molecule has 0 amide bonds. The number of hydrogen-bond acceptors (Lipinski definition) is 2. The summed E-state index contributed by atoms with van der Waals surface area (Å²) in [5.41, 5.74) is 0. The van der Waals surface area contributed by atoms with Crippen LogP contribution in [0.25, 0.3) is 0 Å². The first-order valence-corrected chi connectivity index (χ1v) is 7.03. The lowest BCUT2D eigenvalue weighted by Gasteiger charge is -2.30. The zero-order valence-corrected chi connectivity index (χ0v) is 11.3. The Balaban J connectivity index is 2.38. The van der Waals surface area contributed by atoms with E-state index in [1.54, 1.807) is 0 Å². The van der Waals surface area contributed by atoms with E-state index in [1.165, 1.54) is 38.5 Å². The molecule has 0 aromatic carbocycles. The molecule has 0 radical (unpaired) electrons. The summed E-state index contributed by atoms with van der Waals surface area (Å²) in [6.07, 6.45) is 8.51. The summed E-state index contributed by atoms with van der Waals surface area (Å²) in [6.45, 7) is 5.61. The van der Waals surface area contributed by atoms with Crippen molar-refractivity contribution in [3.63, 3.8) is 0 Å².